The summed E-state index contributed by atoms with van der Waals surface area (Å²) in [6.07, 6.45) is 0.0499. The minimum absolute atomic E-state index is 0.0499. The molecule has 2 aromatic rings. The van der Waals surface area contributed by atoms with Crippen LogP contribution in [0.3, 0.4) is 0 Å². The quantitative estimate of drug-likeness (QED) is 0.615. The number of nitro benzene ring substituents is 1. The summed E-state index contributed by atoms with van der Waals surface area (Å²) in [6.45, 7) is 2.87. The van der Waals surface area contributed by atoms with Gasteiger partial charge in [-0.05, 0) is 16.4 Å². The largest absolute Gasteiger partial charge is 0.380 e. The van der Waals surface area contributed by atoms with Crippen molar-refractivity contribution < 1.29 is 14.3 Å². The van der Waals surface area contributed by atoms with Crippen molar-refractivity contribution in [1.29, 1.82) is 0 Å². The zero-order valence-corrected chi connectivity index (χ0v) is 10.5. The molecule has 1 aliphatic rings. The summed E-state index contributed by atoms with van der Waals surface area (Å²) >= 11 is 0. The van der Waals surface area contributed by atoms with Crippen LogP contribution in [0.1, 0.15) is 0 Å². The smallest absolute Gasteiger partial charge is 0.300 e. The van der Waals surface area contributed by atoms with Crippen LogP contribution in [0.5, 0.6) is 0 Å². The van der Waals surface area contributed by atoms with Gasteiger partial charge in [0.2, 0.25) is 5.52 Å². The first kappa shape index (κ1) is 12.8. The molecule has 1 saturated heterocycles. The van der Waals surface area contributed by atoms with E-state index in [1.807, 2.05) is 0 Å². The third kappa shape index (κ3) is 2.40. The molecule has 2 heterocycles. The lowest BCUT2D eigenvalue weighted by atomic mass is 10.2. The van der Waals surface area contributed by atoms with E-state index in [0.717, 1.165) is 13.1 Å². The van der Waals surface area contributed by atoms with Crippen molar-refractivity contribution in [2.75, 3.05) is 31.6 Å². The van der Waals surface area contributed by atoms with E-state index in [4.69, 9.17) is 4.74 Å². The van der Waals surface area contributed by atoms with Gasteiger partial charge >= 0.3 is 5.69 Å². The summed E-state index contributed by atoms with van der Waals surface area (Å²) in [5.41, 5.74) is 1.01. The number of nitrogens with zero attached hydrogens (tertiary/aromatic N) is 3. The Balaban J connectivity index is 1.79. The minimum Gasteiger partial charge on any atom is -0.380 e. The van der Waals surface area contributed by atoms with Gasteiger partial charge in [0.25, 0.3) is 0 Å². The molecule has 1 atom stereocenters. The molecule has 20 heavy (non-hydrogen) atoms. The number of nitrogens with one attached hydrogen (secondary N) is 2. The second kappa shape index (κ2) is 5.39. The number of aromatic nitrogens is 2. The molecule has 9 heteroatoms. The molecule has 0 amide bonds. The summed E-state index contributed by atoms with van der Waals surface area (Å²) < 4.78 is 10.2. The summed E-state index contributed by atoms with van der Waals surface area (Å²) in [5.74, 6) is 0. The Bertz CT molecular complexity index is 622. The highest BCUT2D eigenvalue weighted by Crippen LogP contribution is 2.28. The lowest BCUT2D eigenvalue weighted by molar-refractivity contribution is -0.383. The summed E-state index contributed by atoms with van der Waals surface area (Å²) in [4.78, 5) is 10.4. The van der Waals surface area contributed by atoms with Crippen molar-refractivity contribution in [1.82, 2.24) is 15.6 Å². The number of nitro groups is 1. The van der Waals surface area contributed by atoms with Gasteiger partial charge < -0.3 is 15.4 Å². The van der Waals surface area contributed by atoms with Crippen molar-refractivity contribution in [2.24, 2.45) is 0 Å². The molecular formula is C11H13N5O4. The van der Waals surface area contributed by atoms with Crippen molar-refractivity contribution in [3.05, 3.63) is 22.2 Å². The zero-order chi connectivity index (χ0) is 13.9. The fourth-order valence-corrected chi connectivity index (χ4v) is 2.12. The maximum Gasteiger partial charge on any atom is 0.300 e. The average molecular weight is 279 g/mol. The third-order valence-corrected chi connectivity index (χ3v) is 3.12. The van der Waals surface area contributed by atoms with Gasteiger partial charge in [0.1, 0.15) is 0 Å². The van der Waals surface area contributed by atoms with Crippen molar-refractivity contribution in [2.45, 2.75) is 6.10 Å². The number of anilines is 1. The van der Waals surface area contributed by atoms with Gasteiger partial charge in [-0.1, -0.05) is 0 Å². The normalized spacial score (nSPS) is 19.1. The molecular weight excluding hydrogens is 266 g/mol. The SMILES string of the molecule is O=[N+]([O-])c1ccc(NCC2CNCCO2)c2nonc12. The van der Waals surface area contributed by atoms with Crippen molar-refractivity contribution >= 4 is 22.4 Å². The highest BCUT2D eigenvalue weighted by atomic mass is 16.6. The molecule has 0 radical (unpaired) electrons. The number of non-ortho nitro benzene ring substituents is 1. The first-order valence-corrected chi connectivity index (χ1v) is 6.21. The predicted molar refractivity (Wildman–Crippen MR) is 69.6 cm³/mol. The second-order valence-electron chi connectivity index (χ2n) is 4.43. The zero-order valence-electron chi connectivity index (χ0n) is 10.5. The molecule has 1 unspecified atom stereocenters. The standard InChI is InChI=1S/C11H13N5O4/c17-16(18)9-2-1-8(10-11(9)15-20-14-10)13-6-7-5-12-3-4-19-7/h1-2,7,12-13H,3-6H2. The van der Waals surface area contributed by atoms with E-state index in [9.17, 15) is 10.1 Å². The van der Waals surface area contributed by atoms with Crippen LogP contribution in [-0.2, 0) is 4.74 Å². The van der Waals surface area contributed by atoms with Gasteiger partial charge in [0.05, 0.1) is 23.3 Å². The summed E-state index contributed by atoms with van der Waals surface area (Å²) in [6, 6.07) is 2.98. The van der Waals surface area contributed by atoms with Crippen LogP contribution >= 0.6 is 0 Å². The van der Waals surface area contributed by atoms with Crippen LogP contribution in [-0.4, -0.2) is 47.6 Å². The molecule has 9 nitrogen and oxygen atoms in total. The number of morpholine rings is 1. The Morgan fingerprint density at radius 2 is 2.30 bits per heavy atom. The van der Waals surface area contributed by atoms with Gasteiger partial charge in [-0.3, -0.25) is 10.1 Å². The lowest BCUT2D eigenvalue weighted by Crippen LogP contribution is -2.42. The maximum absolute atomic E-state index is 10.9. The van der Waals surface area contributed by atoms with Crippen LogP contribution in [0.15, 0.2) is 16.8 Å². The Labute approximate surface area is 113 Å². The highest BCUT2D eigenvalue weighted by Gasteiger charge is 2.20. The van der Waals surface area contributed by atoms with E-state index >= 15 is 0 Å². The van der Waals surface area contributed by atoms with Crippen molar-refractivity contribution in [3.8, 4) is 0 Å². The third-order valence-electron chi connectivity index (χ3n) is 3.12. The van der Waals surface area contributed by atoms with Gasteiger partial charge in [0, 0.05) is 25.7 Å². The van der Waals surface area contributed by atoms with Gasteiger partial charge in [-0.25, -0.2) is 4.63 Å². The Morgan fingerprint density at radius 1 is 1.45 bits per heavy atom. The number of fused-ring (bicyclic) bond motifs is 1. The second-order valence-corrected chi connectivity index (χ2v) is 4.43. The highest BCUT2D eigenvalue weighted by molar-refractivity contribution is 5.93. The van der Waals surface area contributed by atoms with E-state index < -0.39 is 4.92 Å². The molecule has 0 bridgehead atoms. The van der Waals surface area contributed by atoms with E-state index in [1.165, 1.54) is 6.07 Å². The molecule has 1 aromatic carbocycles. The fourth-order valence-electron chi connectivity index (χ4n) is 2.12. The minimum atomic E-state index is -0.509. The molecule has 1 aromatic heterocycles. The topological polar surface area (TPSA) is 115 Å². The van der Waals surface area contributed by atoms with Gasteiger partial charge in [-0.2, -0.15) is 0 Å². The average Bonchev–Trinajstić information content (AvgIpc) is 2.95. The Hall–Kier alpha value is -2.26. The number of rotatable bonds is 4. The molecule has 3 rings (SSSR count). The number of hydrogen-bond donors (Lipinski definition) is 2. The van der Waals surface area contributed by atoms with Crippen molar-refractivity contribution in [3.63, 3.8) is 0 Å². The van der Waals surface area contributed by atoms with E-state index in [0.29, 0.717) is 24.4 Å². The van der Waals surface area contributed by atoms with Crippen LogP contribution in [0.4, 0.5) is 11.4 Å². The summed E-state index contributed by atoms with van der Waals surface area (Å²) in [7, 11) is 0. The lowest BCUT2D eigenvalue weighted by Gasteiger charge is -2.24. The van der Waals surface area contributed by atoms with Crippen LogP contribution < -0.4 is 10.6 Å². The van der Waals surface area contributed by atoms with Gasteiger partial charge in [0.15, 0.2) is 5.52 Å². The predicted octanol–water partition coefficient (Wildman–Crippen LogP) is 0.531. The van der Waals surface area contributed by atoms with Crippen LogP contribution in [0, 0.1) is 10.1 Å². The van der Waals surface area contributed by atoms with E-state index in [1.54, 1.807) is 6.07 Å². The monoisotopic (exact) mass is 279 g/mol. The van der Waals surface area contributed by atoms with Crippen LogP contribution in [0.25, 0.3) is 11.0 Å². The molecule has 0 spiro atoms. The molecule has 0 saturated carbocycles. The number of benzene rings is 1. The summed E-state index contributed by atoms with van der Waals surface area (Å²) in [5, 5.41) is 24.6. The van der Waals surface area contributed by atoms with Crippen LogP contribution in [0.2, 0.25) is 0 Å². The molecule has 1 fully saturated rings. The maximum atomic E-state index is 10.9. The van der Waals surface area contributed by atoms with E-state index in [-0.39, 0.29) is 17.3 Å². The first-order chi connectivity index (χ1) is 9.75. The Morgan fingerprint density at radius 3 is 3.05 bits per heavy atom. The Kier molecular flexibility index (Phi) is 3.44. The molecule has 2 N–H and O–H groups in total. The number of hydrogen-bond acceptors (Lipinski definition) is 8. The van der Waals surface area contributed by atoms with Gasteiger partial charge in [-0.15, -0.1) is 0 Å². The molecule has 1 aliphatic heterocycles. The fraction of sp³-hybridized carbons (Fsp3) is 0.455. The van der Waals surface area contributed by atoms with E-state index in [2.05, 4.69) is 25.6 Å². The number of ether oxygens (including phenoxy) is 1. The molecule has 0 aliphatic carbocycles. The first-order valence-electron chi connectivity index (χ1n) is 6.21. The molecule has 106 valence electrons.